The van der Waals surface area contributed by atoms with Gasteiger partial charge in [-0.3, -0.25) is 0 Å². The lowest BCUT2D eigenvalue weighted by Gasteiger charge is -2.35. The number of aromatic nitrogens is 5. The van der Waals surface area contributed by atoms with Crippen LogP contribution in [0.4, 0.5) is 10.2 Å². The third-order valence-electron chi connectivity index (χ3n) is 3.36. The number of fused-ring (bicyclic) bond motifs is 1. The summed E-state index contributed by atoms with van der Waals surface area (Å²) in [5.41, 5.74) is 0.966. The first-order valence-corrected chi connectivity index (χ1v) is 6.30. The number of halogens is 2. The third kappa shape index (κ3) is 2.03. The molecule has 2 aromatic rings. The van der Waals surface area contributed by atoms with Gasteiger partial charge in [0.15, 0.2) is 5.82 Å². The molecule has 1 atom stereocenters. The number of imidazole rings is 1. The topological polar surface area (TPSA) is 59.7 Å². The molecule has 0 spiro atoms. The largest absolute Gasteiger partial charge is 0.345 e. The van der Waals surface area contributed by atoms with Crippen LogP contribution in [0.3, 0.4) is 0 Å². The zero-order chi connectivity index (χ0) is 13.4. The number of rotatable bonds is 2. The highest BCUT2D eigenvalue weighted by atomic mass is 35.5. The Balaban J connectivity index is 1.95. The minimum Gasteiger partial charge on any atom is -0.345 e. The molecule has 8 heteroatoms. The van der Waals surface area contributed by atoms with Crippen LogP contribution in [0.25, 0.3) is 0 Å². The maximum atomic E-state index is 12.8. The van der Waals surface area contributed by atoms with E-state index in [-0.39, 0.29) is 11.3 Å². The molecule has 0 bridgehead atoms. The molecule has 0 radical (unpaired) electrons. The van der Waals surface area contributed by atoms with Crippen molar-refractivity contribution >= 4 is 17.4 Å². The Morgan fingerprint density at radius 1 is 1.42 bits per heavy atom. The lowest BCUT2D eigenvalue weighted by molar-refractivity contribution is 0.423. The van der Waals surface area contributed by atoms with Gasteiger partial charge in [-0.2, -0.15) is 10.1 Å². The number of anilines is 1. The standard InChI is InChI=1S/C11H12ClFN6/c1-7-8-5-14-9(4-13)19(8)3-2-18(7)10-6-15-17-11(12)16-10/h5-7H,2-4H2,1H3. The summed E-state index contributed by atoms with van der Waals surface area (Å²) >= 11 is 5.76. The second kappa shape index (κ2) is 4.73. The van der Waals surface area contributed by atoms with Gasteiger partial charge in [-0.25, -0.2) is 9.37 Å². The summed E-state index contributed by atoms with van der Waals surface area (Å²) in [4.78, 5) is 10.3. The number of nitrogens with zero attached hydrogens (tertiary/aromatic N) is 6. The van der Waals surface area contributed by atoms with Crippen LogP contribution in [-0.2, 0) is 13.2 Å². The third-order valence-corrected chi connectivity index (χ3v) is 3.52. The van der Waals surface area contributed by atoms with E-state index in [4.69, 9.17) is 11.6 Å². The number of hydrogen-bond donors (Lipinski definition) is 0. The van der Waals surface area contributed by atoms with E-state index in [1.54, 1.807) is 12.4 Å². The summed E-state index contributed by atoms with van der Waals surface area (Å²) in [5, 5.41) is 7.55. The van der Waals surface area contributed by atoms with Crippen LogP contribution in [0.2, 0.25) is 5.28 Å². The van der Waals surface area contributed by atoms with Gasteiger partial charge in [0.2, 0.25) is 5.28 Å². The average Bonchev–Trinajstić information content (AvgIpc) is 2.83. The highest BCUT2D eigenvalue weighted by molar-refractivity contribution is 6.28. The molecule has 0 amide bonds. The van der Waals surface area contributed by atoms with E-state index in [0.29, 0.717) is 24.7 Å². The van der Waals surface area contributed by atoms with E-state index in [9.17, 15) is 4.39 Å². The minimum atomic E-state index is -0.548. The van der Waals surface area contributed by atoms with Gasteiger partial charge in [-0.05, 0) is 18.5 Å². The molecule has 2 aromatic heterocycles. The van der Waals surface area contributed by atoms with Crippen LogP contribution in [-0.4, -0.2) is 31.3 Å². The molecule has 1 aliphatic heterocycles. The molecule has 0 saturated carbocycles. The summed E-state index contributed by atoms with van der Waals surface area (Å²) < 4.78 is 14.7. The van der Waals surface area contributed by atoms with Crippen LogP contribution >= 0.6 is 11.6 Å². The smallest absolute Gasteiger partial charge is 0.244 e. The van der Waals surface area contributed by atoms with Gasteiger partial charge in [0.05, 0.1) is 24.1 Å². The first-order valence-electron chi connectivity index (χ1n) is 5.93. The normalized spacial score (nSPS) is 18.5. The molecule has 19 heavy (non-hydrogen) atoms. The molecule has 0 aromatic carbocycles. The zero-order valence-corrected chi connectivity index (χ0v) is 11.0. The van der Waals surface area contributed by atoms with Crippen LogP contribution in [0.15, 0.2) is 12.4 Å². The van der Waals surface area contributed by atoms with Crippen LogP contribution < -0.4 is 4.90 Å². The molecule has 0 aliphatic carbocycles. The SMILES string of the molecule is CC1c2cnc(CF)n2CCN1c1cnnc(Cl)n1. The maximum Gasteiger partial charge on any atom is 0.244 e. The van der Waals surface area contributed by atoms with Crippen molar-refractivity contribution in [2.75, 3.05) is 11.4 Å². The lowest BCUT2D eigenvalue weighted by atomic mass is 10.1. The first-order chi connectivity index (χ1) is 9.20. The summed E-state index contributed by atoms with van der Waals surface area (Å²) in [6.45, 7) is 2.84. The Morgan fingerprint density at radius 3 is 3.00 bits per heavy atom. The predicted molar refractivity (Wildman–Crippen MR) is 67.6 cm³/mol. The lowest BCUT2D eigenvalue weighted by Crippen LogP contribution is -2.37. The molecule has 0 N–H and O–H groups in total. The van der Waals surface area contributed by atoms with Gasteiger partial charge in [-0.1, -0.05) is 0 Å². The van der Waals surface area contributed by atoms with Gasteiger partial charge in [-0.15, -0.1) is 5.10 Å². The molecule has 3 heterocycles. The van der Waals surface area contributed by atoms with E-state index in [0.717, 1.165) is 5.69 Å². The summed E-state index contributed by atoms with van der Waals surface area (Å²) in [6, 6.07) is 0.0364. The van der Waals surface area contributed by atoms with Crippen molar-refractivity contribution in [2.24, 2.45) is 0 Å². The number of alkyl halides is 1. The molecular weight excluding hydrogens is 271 g/mol. The number of hydrogen-bond acceptors (Lipinski definition) is 5. The molecule has 1 unspecified atom stereocenters. The fourth-order valence-electron chi connectivity index (χ4n) is 2.41. The van der Waals surface area contributed by atoms with Crippen molar-refractivity contribution in [3.05, 3.63) is 29.2 Å². The van der Waals surface area contributed by atoms with Crippen molar-refractivity contribution in [1.82, 2.24) is 24.7 Å². The monoisotopic (exact) mass is 282 g/mol. The molecule has 0 fully saturated rings. The molecule has 0 saturated heterocycles. The molecule has 1 aliphatic rings. The van der Waals surface area contributed by atoms with Crippen molar-refractivity contribution in [3.63, 3.8) is 0 Å². The van der Waals surface area contributed by atoms with E-state index in [1.165, 1.54) is 0 Å². The second-order valence-corrected chi connectivity index (χ2v) is 4.68. The van der Waals surface area contributed by atoms with Crippen molar-refractivity contribution in [3.8, 4) is 0 Å². The summed E-state index contributed by atoms with van der Waals surface area (Å²) in [6.07, 6.45) is 3.28. The van der Waals surface area contributed by atoms with E-state index < -0.39 is 6.67 Å². The Bertz CT molecular complexity index is 601. The van der Waals surface area contributed by atoms with Gasteiger partial charge in [0.25, 0.3) is 0 Å². The fourth-order valence-corrected chi connectivity index (χ4v) is 2.54. The van der Waals surface area contributed by atoms with Crippen molar-refractivity contribution < 1.29 is 4.39 Å². The highest BCUT2D eigenvalue weighted by Crippen LogP contribution is 2.29. The van der Waals surface area contributed by atoms with Crippen LogP contribution in [0.1, 0.15) is 24.5 Å². The van der Waals surface area contributed by atoms with Gasteiger partial charge in [0.1, 0.15) is 12.5 Å². The van der Waals surface area contributed by atoms with Crippen molar-refractivity contribution in [2.45, 2.75) is 26.2 Å². The van der Waals surface area contributed by atoms with E-state index in [2.05, 4.69) is 25.1 Å². The molecule has 6 nitrogen and oxygen atoms in total. The quantitative estimate of drug-likeness (QED) is 0.840. The predicted octanol–water partition coefficient (Wildman–Crippen LogP) is 1.77. The van der Waals surface area contributed by atoms with Crippen LogP contribution in [0, 0.1) is 0 Å². The van der Waals surface area contributed by atoms with Crippen molar-refractivity contribution in [1.29, 1.82) is 0 Å². The summed E-state index contributed by atoms with van der Waals surface area (Å²) in [5.74, 6) is 1.14. The van der Waals surface area contributed by atoms with E-state index in [1.807, 2.05) is 11.5 Å². The molecule has 3 rings (SSSR count). The second-order valence-electron chi connectivity index (χ2n) is 4.34. The Hall–Kier alpha value is -1.76. The Morgan fingerprint density at radius 2 is 2.26 bits per heavy atom. The summed E-state index contributed by atoms with van der Waals surface area (Å²) in [7, 11) is 0. The van der Waals surface area contributed by atoms with Gasteiger partial charge >= 0.3 is 0 Å². The maximum absolute atomic E-state index is 12.8. The Kier molecular flexibility index (Phi) is 3.06. The fraction of sp³-hybridized carbons (Fsp3) is 0.455. The van der Waals surface area contributed by atoms with E-state index >= 15 is 0 Å². The average molecular weight is 283 g/mol. The minimum absolute atomic E-state index is 0.0364. The van der Waals surface area contributed by atoms with Gasteiger partial charge < -0.3 is 9.47 Å². The highest BCUT2D eigenvalue weighted by Gasteiger charge is 2.27. The molecule has 100 valence electrons. The van der Waals surface area contributed by atoms with Gasteiger partial charge in [0, 0.05) is 13.1 Å². The first kappa shape index (κ1) is 12.3. The zero-order valence-electron chi connectivity index (χ0n) is 10.3. The molecular formula is C11H12ClFN6. The Labute approximate surface area is 114 Å². The van der Waals surface area contributed by atoms with Crippen LogP contribution in [0.5, 0.6) is 0 Å².